The van der Waals surface area contributed by atoms with Crippen LogP contribution in [0.15, 0.2) is 36.4 Å². The fraction of sp³-hybridized carbons (Fsp3) is 0.267. The van der Waals surface area contributed by atoms with E-state index in [4.69, 9.17) is 0 Å². The molecule has 0 saturated heterocycles. The van der Waals surface area contributed by atoms with E-state index in [2.05, 4.69) is 101 Å². The standard InChI is InChI=1S/C30H24S4/c1-13-7-15-9-19-17(11-21(15)31-13)25-23(29(19,3)4)27-28(33-25)24-26(34-27)18-12-22-16(8-14(2)32-22)10-20(18)30(24,5)6/h7-12H,1-6H3. The Kier molecular flexibility index (Phi) is 3.60. The summed E-state index contributed by atoms with van der Waals surface area (Å²) in [5, 5.41) is 2.81. The summed E-state index contributed by atoms with van der Waals surface area (Å²) in [5.41, 5.74) is 9.17. The van der Waals surface area contributed by atoms with Crippen molar-refractivity contribution in [2.75, 3.05) is 0 Å². The molecule has 2 aromatic carbocycles. The van der Waals surface area contributed by atoms with E-state index < -0.39 is 0 Å². The predicted molar refractivity (Wildman–Crippen MR) is 155 cm³/mol. The SMILES string of the molecule is Cc1cc2cc3c(cc2s1)-c1sc2c4c(sc2c1C3(C)C)-c1cc2sc(C)cc2cc1C4(C)C. The van der Waals surface area contributed by atoms with Gasteiger partial charge in [0.1, 0.15) is 0 Å². The second-order valence-electron chi connectivity index (χ2n) is 11.1. The van der Waals surface area contributed by atoms with Crippen molar-refractivity contribution in [3.63, 3.8) is 0 Å². The topological polar surface area (TPSA) is 0 Å². The van der Waals surface area contributed by atoms with E-state index in [0.29, 0.717) is 0 Å². The quantitative estimate of drug-likeness (QED) is 0.190. The molecule has 0 saturated carbocycles. The second kappa shape index (κ2) is 6.04. The summed E-state index contributed by atoms with van der Waals surface area (Å²) in [7, 11) is 0. The highest BCUT2D eigenvalue weighted by Crippen LogP contribution is 2.64. The summed E-state index contributed by atoms with van der Waals surface area (Å²) in [6, 6.07) is 14.6. The largest absolute Gasteiger partial charge is 0.141 e. The molecule has 34 heavy (non-hydrogen) atoms. The Balaban J connectivity index is 1.43. The highest BCUT2D eigenvalue weighted by molar-refractivity contribution is 7.32. The van der Waals surface area contributed by atoms with Crippen molar-refractivity contribution in [1.82, 2.24) is 0 Å². The van der Waals surface area contributed by atoms with Gasteiger partial charge in [0.2, 0.25) is 0 Å². The van der Waals surface area contributed by atoms with Crippen molar-refractivity contribution < 1.29 is 0 Å². The molecular formula is C30H24S4. The van der Waals surface area contributed by atoms with E-state index >= 15 is 0 Å². The Bertz CT molecular complexity index is 1740. The average molecular weight is 513 g/mol. The number of benzene rings is 2. The number of aryl methyl sites for hydroxylation is 2. The molecule has 0 unspecified atom stereocenters. The Morgan fingerprint density at radius 2 is 0.941 bits per heavy atom. The van der Waals surface area contributed by atoms with Crippen molar-refractivity contribution in [2.45, 2.75) is 52.4 Å². The summed E-state index contributed by atoms with van der Waals surface area (Å²) in [6.07, 6.45) is 0. The Labute approximate surface area is 215 Å². The van der Waals surface area contributed by atoms with Gasteiger partial charge in [-0.05, 0) is 94.4 Å². The molecule has 0 N–H and O–H groups in total. The summed E-state index contributed by atoms with van der Waals surface area (Å²) in [4.78, 5) is 5.83. The van der Waals surface area contributed by atoms with E-state index in [1.54, 1.807) is 11.1 Å². The maximum absolute atomic E-state index is 2.48. The first-order valence-corrected chi connectivity index (χ1v) is 15.1. The number of thiophene rings is 4. The van der Waals surface area contributed by atoms with Gasteiger partial charge in [-0.3, -0.25) is 0 Å². The Morgan fingerprint density at radius 1 is 0.529 bits per heavy atom. The molecule has 4 heteroatoms. The lowest BCUT2D eigenvalue weighted by molar-refractivity contribution is 0.666. The maximum atomic E-state index is 2.48. The van der Waals surface area contributed by atoms with Crippen LogP contribution in [0.5, 0.6) is 0 Å². The first kappa shape index (κ1) is 20.2. The lowest BCUT2D eigenvalue weighted by Crippen LogP contribution is -2.15. The summed E-state index contributed by atoms with van der Waals surface area (Å²) >= 11 is 7.96. The van der Waals surface area contributed by atoms with Crippen LogP contribution in [0.25, 0.3) is 50.5 Å². The number of rotatable bonds is 0. The van der Waals surface area contributed by atoms with Gasteiger partial charge in [0, 0.05) is 39.7 Å². The summed E-state index contributed by atoms with van der Waals surface area (Å²) < 4.78 is 5.91. The molecule has 8 rings (SSSR count). The van der Waals surface area contributed by atoms with Gasteiger partial charge >= 0.3 is 0 Å². The maximum Gasteiger partial charge on any atom is 0.0507 e. The van der Waals surface area contributed by atoms with Gasteiger partial charge in [0.15, 0.2) is 0 Å². The third-order valence-electron chi connectivity index (χ3n) is 8.17. The van der Waals surface area contributed by atoms with E-state index in [-0.39, 0.29) is 10.8 Å². The zero-order valence-corrected chi connectivity index (χ0v) is 23.4. The second-order valence-corrected chi connectivity index (χ2v) is 15.7. The zero-order chi connectivity index (χ0) is 23.3. The minimum absolute atomic E-state index is 0.0350. The van der Waals surface area contributed by atoms with Crippen LogP contribution in [0.2, 0.25) is 0 Å². The van der Waals surface area contributed by atoms with E-state index in [1.165, 1.54) is 71.3 Å². The molecule has 0 radical (unpaired) electrons. The Hall–Kier alpha value is -1.98. The minimum Gasteiger partial charge on any atom is -0.141 e. The zero-order valence-electron chi connectivity index (χ0n) is 20.1. The van der Waals surface area contributed by atoms with Gasteiger partial charge in [-0.2, -0.15) is 0 Å². The molecule has 0 bridgehead atoms. The number of hydrogen-bond acceptors (Lipinski definition) is 4. The molecule has 0 atom stereocenters. The van der Waals surface area contributed by atoms with Gasteiger partial charge in [-0.15, -0.1) is 45.3 Å². The summed E-state index contributed by atoms with van der Waals surface area (Å²) in [5.74, 6) is 0. The average Bonchev–Trinajstić information content (AvgIpc) is 3.53. The smallest absolute Gasteiger partial charge is 0.0507 e. The van der Waals surface area contributed by atoms with E-state index in [0.717, 1.165) is 0 Å². The molecule has 0 amide bonds. The first-order valence-electron chi connectivity index (χ1n) is 11.8. The third kappa shape index (κ3) is 2.25. The van der Waals surface area contributed by atoms with Crippen LogP contribution in [0.3, 0.4) is 0 Å². The fourth-order valence-electron chi connectivity index (χ4n) is 6.57. The Morgan fingerprint density at radius 3 is 1.35 bits per heavy atom. The minimum atomic E-state index is 0.0350. The van der Waals surface area contributed by atoms with Gasteiger partial charge in [0.05, 0.1) is 9.40 Å². The van der Waals surface area contributed by atoms with Crippen molar-refractivity contribution in [3.8, 4) is 20.9 Å². The fourth-order valence-corrected chi connectivity index (χ4v) is 12.0. The van der Waals surface area contributed by atoms with E-state index in [9.17, 15) is 0 Å². The van der Waals surface area contributed by atoms with Gasteiger partial charge in [-0.1, -0.05) is 27.7 Å². The van der Waals surface area contributed by atoms with Crippen LogP contribution in [-0.2, 0) is 10.8 Å². The van der Waals surface area contributed by atoms with Crippen LogP contribution in [0.1, 0.15) is 59.7 Å². The van der Waals surface area contributed by atoms with Crippen molar-refractivity contribution >= 4 is 74.9 Å². The van der Waals surface area contributed by atoms with Crippen LogP contribution in [-0.4, -0.2) is 0 Å². The molecule has 0 aliphatic heterocycles. The predicted octanol–water partition coefficient (Wildman–Crippen LogP) is 10.6. The number of hydrogen-bond donors (Lipinski definition) is 0. The highest BCUT2D eigenvalue weighted by atomic mass is 32.1. The molecule has 6 aromatic rings. The number of fused-ring (bicyclic) bond motifs is 11. The molecule has 168 valence electrons. The molecule has 0 spiro atoms. The molecule has 2 aliphatic rings. The molecule has 0 fully saturated rings. The summed E-state index contributed by atoms with van der Waals surface area (Å²) in [6.45, 7) is 14.2. The van der Waals surface area contributed by atoms with Crippen molar-refractivity contribution in [3.05, 3.63) is 68.4 Å². The lowest BCUT2D eigenvalue weighted by Gasteiger charge is -2.22. The van der Waals surface area contributed by atoms with Crippen molar-refractivity contribution in [1.29, 1.82) is 0 Å². The molecular weight excluding hydrogens is 489 g/mol. The first-order chi connectivity index (χ1) is 16.1. The molecule has 4 heterocycles. The van der Waals surface area contributed by atoms with Gasteiger partial charge in [0.25, 0.3) is 0 Å². The van der Waals surface area contributed by atoms with Crippen LogP contribution in [0.4, 0.5) is 0 Å². The van der Waals surface area contributed by atoms with Gasteiger partial charge < -0.3 is 0 Å². The molecule has 0 nitrogen and oxygen atoms in total. The van der Waals surface area contributed by atoms with Crippen LogP contribution >= 0.6 is 45.3 Å². The van der Waals surface area contributed by atoms with Crippen LogP contribution < -0.4 is 0 Å². The monoisotopic (exact) mass is 512 g/mol. The lowest BCUT2D eigenvalue weighted by atomic mass is 9.81. The van der Waals surface area contributed by atoms with Gasteiger partial charge in [-0.25, -0.2) is 0 Å². The highest BCUT2D eigenvalue weighted by Gasteiger charge is 2.45. The molecule has 4 aromatic heterocycles. The third-order valence-corrected chi connectivity index (χ3v) is 12.8. The molecule has 2 aliphatic carbocycles. The normalized spacial score (nSPS) is 17.0. The van der Waals surface area contributed by atoms with Crippen molar-refractivity contribution in [2.24, 2.45) is 0 Å². The van der Waals surface area contributed by atoms with Crippen LogP contribution in [0, 0.1) is 13.8 Å². The van der Waals surface area contributed by atoms with E-state index in [1.807, 2.05) is 22.7 Å².